The lowest BCUT2D eigenvalue weighted by Gasteiger charge is -2.30. The number of hydrogen-bond donors (Lipinski definition) is 1. The molecule has 0 bridgehead atoms. The first kappa shape index (κ1) is 10.8. The van der Waals surface area contributed by atoms with Crippen molar-refractivity contribution in [2.45, 2.75) is 38.5 Å². The summed E-state index contributed by atoms with van der Waals surface area (Å²) >= 11 is 6.51. The molecule has 1 saturated carbocycles. The molecule has 0 saturated heterocycles. The van der Waals surface area contributed by atoms with Crippen LogP contribution in [-0.2, 0) is 0 Å². The zero-order valence-corrected chi connectivity index (χ0v) is 9.72. The SMILES string of the molecule is CSCC1(CS)CCCCCC1. The Labute approximate surface area is 86.3 Å². The Balaban J connectivity index is 2.48. The van der Waals surface area contributed by atoms with Gasteiger partial charge in [-0.05, 0) is 36.0 Å². The lowest BCUT2D eigenvalue weighted by Crippen LogP contribution is -2.25. The van der Waals surface area contributed by atoms with Crippen molar-refractivity contribution in [1.82, 2.24) is 0 Å². The Morgan fingerprint density at radius 2 is 1.75 bits per heavy atom. The second kappa shape index (κ2) is 5.43. The summed E-state index contributed by atoms with van der Waals surface area (Å²) in [4.78, 5) is 0. The van der Waals surface area contributed by atoms with Crippen molar-refractivity contribution in [3.8, 4) is 0 Å². The van der Waals surface area contributed by atoms with E-state index >= 15 is 0 Å². The highest BCUT2D eigenvalue weighted by molar-refractivity contribution is 7.98. The van der Waals surface area contributed by atoms with Crippen LogP contribution in [0.15, 0.2) is 0 Å². The molecule has 0 N–H and O–H groups in total. The number of thiol groups is 1. The molecule has 1 rings (SSSR count). The Kier molecular flexibility index (Phi) is 4.88. The van der Waals surface area contributed by atoms with Gasteiger partial charge in [0.1, 0.15) is 0 Å². The first-order valence-corrected chi connectivity index (χ1v) is 6.95. The van der Waals surface area contributed by atoms with Crippen molar-refractivity contribution in [3.05, 3.63) is 0 Å². The van der Waals surface area contributed by atoms with Gasteiger partial charge >= 0.3 is 0 Å². The van der Waals surface area contributed by atoms with E-state index in [1.807, 2.05) is 11.8 Å². The van der Waals surface area contributed by atoms with Gasteiger partial charge in [0.05, 0.1) is 0 Å². The lowest BCUT2D eigenvalue weighted by atomic mass is 9.84. The molecule has 1 fully saturated rings. The maximum Gasteiger partial charge on any atom is -0.000577 e. The predicted octanol–water partition coefficient (Wildman–Crippen LogP) is 3.62. The van der Waals surface area contributed by atoms with Crippen LogP contribution in [0, 0.1) is 5.41 Å². The molecule has 0 amide bonds. The predicted molar refractivity (Wildman–Crippen MR) is 62.4 cm³/mol. The molecule has 0 heterocycles. The zero-order valence-electron chi connectivity index (χ0n) is 8.01. The summed E-state index contributed by atoms with van der Waals surface area (Å²) in [5.74, 6) is 2.41. The molecule has 0 aromatic rings. The van der Waals surface area contributed by atoms with Crippen LogP contribution in [0.3, 0.4) is 0 Å². The van der Waals surface area contributed by atoms with Crippen molar-refractivity contribution in [2.24, 2.45) is 5.41 Å². The largest absolute Gasteiger partial charge is 0.179 e. The van der Waals surface area contributed by atoms with E-state index in [1.165, 1.54) is 44.3 Å². The molecular formula is C10H20S2. The Morgan fingerprint density at radius 1 is 1.17 bits per heavy atom. The standard InChI is InChI=1S/C10H20S2/c1-12-9-10(8-11)6-4-2-3-5-7-10/h11H,2-9H2,1H3. The fraction of sp³-hybridized carbons (Fsp3) is 1.00. The lowest BCUT2D eigenvalue weighted by molar-refractivity contribution is 0.333. The molecular weight excluding hydrogens is 184 g/mol. The first-order chi connectivity index (χ1) is 5.83. The van der Waals surface area contributed by atoms with Gasteiger partial charge in [-0.1, -0.05) is 25.7 Å². The van der Waals surface area contributed by atoms with E-state index in [0.717, 1.165) is 5.75 Å². The minimum atomic E-state index is 0.582. The van der Waals surface area contributed by atoms with Gasteiger partial charge < -0.3 is 0 Å². The Hall–Kier alpha value is 0.700. The van der Waals surface area contributed by atoms with Gasteiger partial charge in [-0.25, -0.2) is 0 Å². The fourth-order valence-electron chi connectivity index (χ4n) is 2.13. The summed E-state index contributed by atoms with van der Waals surface area (Å²) in [6, 6.07) is 0. The maximum atomic E-state index is 4.52. The van der Waals surface area contributed by atoms with Crippen LogP contribution in [0.5, 0.6) is 0 Å². The average Bonchev–Trinajstić information content (AvgIpc) is 2.32. The highest BCUT2D eigenvalue weighted by Crippen LogP contribution is 2.38. The van der Waals surface area contributed by atoms with Gasteiger partial charge in [0.2, 0.25) is 0 Å². The summed E-state index contributed by atoms with van der Waals surface area (Å²) in [6.07, 6.45) is 10.8. The van der Waals surface area contributed by atoms with Crippen LogP contribution in [0.2, 0.25) is 0 Å². The van der Waals surface area contributed by atoms with Gasteiger partial charge in [0, 0.05) is 0 Å². The normalized spacial score (nSPS) is 23.5. The minimum absolute atomic E-state index is 0.582. The second-order valence-corrected chi connectivity index (χ2v) is 5.19. The molecule has 0 unspecified atom stereocenters. The fourth-order valence-corrected chi connectivity index (χ4v) is 3.72. The van der Waals surface area contributed by atoms with Crippen LogP contribution < -0.4 is 0 Å². The van der Waals surface area contributed by atoms with Crippen molar-refractivity contribution in [2.75, 3.05) is 17.8 Å². The van der Waals surface area contributed by atoms with Crippen molar-refractivity contribution in [3.63, 3.8) is 0 Å². The summed E-state index contributed by atoms with van der Waals surface area (Å²) in [7, 11) is 0. The topological polar surface area (TPSA) is 0 Å². The molecule has 0 aromatic heterocycles. The van der Waals surface area contributed by atoms with E-state index in [-0.39, 0.29) is 0 Å². The third-order valence-electron chi connectivity index (χ3n) is 2.95. The smallest absolute Gasteiger partial charge is 0.000577 e. The second-order valence-electron chi connectivity index (χ2n) is 4.01. The third-order valence-corrected chi connectivity index (χ3v) is 4.52. The van der Waals surface area contributed by atoms with Crippen molar-refractivity contribution < 1.29 is 0 Å². The maximum absolute atomic E-state index is 4.52. The van der Waals surface area contributed by atoms with Gasteiger partial charge in [0.25, 0.3) is 0 Å². The monoisotopic (exact) mass is 204 g/mol. The third kappa shape index (κ3) is 2.88. The van der Waals surface area contributed by atoms with Crippen LogP contribution in [0.1, 0.15) is 38.5 Å². The van der Waals surface area contributed by atoms with E-state index in [4.69, 9.17) is 0 Å². The van der Waals surface area contributed by atoms with Crippen molar-refractivity contribution in [1.29, 1.82) is 0 Å². The summed E-state index contributed by atoms with van der Waals surface area (Å²) < 4.78 is 0. The van der Waals surface area contributed by atoms with Crippen LogP contribution >= 0.6 is 24.4 Å². The quantitative estimate of drug-likeness (QED) is 0.541. The van der Waals surface area contributed by atoms with Crippen LogP contribution in [-0.4, -0.2) is 17.8 Å². The molecule has 0 spiro atoms. The van der Waals surface area contributed by atoms with E-state index < -0.39 is 0 Å². The molecule has 0 radical (unpaired) electrons. The van der Waals surface area contributed by atoms with Gasteiger partial charge in [-0.15, -0.1) is 0 Å². The van der Waals surface area contributed by atoms with E-state index in [1.54, 1.807) is 0 Å². The molecule has 72 valence electrons. The van der Waals surface area contributed by atoms with Gasteiger partial charge in [-0.3, -0.25) is 0 Å². The summed E-state index contributed by atoms with van der Waals surface area (Å²) in [6.45, 7) is 0. The first-order valence-electron chi connectivity index (χ1n) is 4.93. The van der Waals surface area contributed by atoms with E-state index in [9.17, 15) is 0 Å². The Morgan fingerprint density at radius 3 is 2.17 bits per heavy atom. The zero-order chi connectivity index (χ0) is 8.86. The van der Waals surface area contributed by atoms with Gasteiger partial charge in [-0.2, -0.15) is 24.4 Å². The van der Waals surface area contributed by atoms with E-state index in [0.29, 0.717) is 5.41 Å². The van der Waals surface area contributed by atoms with Crippen molar-refractivity contribution >= 4 is 24.4 Å². The highest BCUT2D eigenvalue weighted by atomic mass is 32.2. The number of hydrogen-bond acceptors (Lipinski definition) is 2. The molecule has 0 atom stereocenters. The van der Waals surface area contributed by atoms with Gasteiger partial charge in [0.15, 0.2) is 0 Å². The van der Waals surface area contributed by atoms with Crippen LogP contribution in [0.25, 0.3) is 0 Å². The molecule has 1 aliphatic rings. The number of rotatable bonds is 3. The Bertz CT molecular complexity index is 115. The molecule has 12 heavy (non-hydrogen) atoms. The molecule has 1 aliphatic carbocycles. The summed E-state index contributed by atoms with van der Waals surface area (Å²) in [5.41, 5.74) is 0.582. The number of thioether (sulfide) groups is 1. The van der Waals surface area contributed by atoms with E-state index in [2.05, 4.69) is 18.9 Å². The summed E-state index contributed by atoms with van der Waals surface area (Å²) in [5, 5.41) is 0. The molecule has 0 nitrogen and oxygen atoms in total. The molecule has 0 aromatic carbocycles. The minimum Gasteiger partial charge on any atom is -0.179 e. The van der Waals surface area contributed by atoms with Crippen LogP contribution in [0.4, 0.5) is 0 Å². The highest BCUT2D eigenvalue weighted by Gasteiger charge is 2.28. The average molecular weight is 204 g/mol. The molecule has 0 aliphatic heterocycles. The molecule has 2 heteroatoms.